The van der Waals surface area contributed by atoms with Gasteiger partial charge in [0.05, 0.1) is 7.11 Å². The molecule has 1 atom stereocenters. The van der Waals surface area contributed by atoms with Gasteiger partial charge in [-0.2, -0.15) is 11.8 Å². The average Bonchev–Trinajstić information content (AvgIpc) is 2.63. The molecule has 134 valence electrons. The van der Waals surface area contributed by atoms with Crippen molar-refractivity contribution in [2.24, 2.45) is 0 Å². The first-order chi connectivity index (χ1) is 12.1. The monoisotopic (exact) mass is 362 g/mol. The highest BCUT2D eigenvalue weighted by molar-refractivity contribution is 7.98. The fourth-order valence-electron chi connectivity index (χ4n) is 2.01. The van der Waals surface area contributed by atoms with Crippen LogP contribution in [0.3, 0.4) is 0 Å². The summed E-state index contributed by atoms with van der Waals surface area (Å²) in [5.74, 6) is 2.65. The Kier molecular flexibility index (Phi) is 7.47. The number of hydrogen-bond donors (Lipinski definition) is 1. The summed E-state index contributed by atoms with van der Waals surface area (Å²) in [6.07, 6.45) is -0.698. The van der Waals surface area contributed by atoms with Crippen LogP contribution in [0.25, 0.3) is 0 Å². The van der Waals surface area contributed by atoms with Crippen molar-refractivity contribution >= 4 is 17.7 Å². The fraction of sp³-hybridized carbons (Fsp3) is 0.316. The number of carbonyl (C=O) groups excluding carboxylic acids is 1. The van der Waals surface area contributed by atoms with Crippen LogP contribution >= 0.6 is 11.8 Å². The number of phenolic OH excluding ortho intramolecular Hbond substituents is 1. The lowest BCUT2D eigenvalue weighted by atomic mass is 10.2. The Morgan fingerprint density at radius 2 is 1.72 bits per heavy atom. The van der Waals surface area contributed by atoms with Crippen LogP contribution < -0.4 is 9.47 Å². The summed E-state index contributed by atoms with van der Waals surface area (Å²) < 4.78 is 15.8. The van der Waals surface area contributed by atoms with Crippen molar-refractivity contribution in [3.05, 3.63) is 54.1 Å². The van der Waals surface area contributed by atoms with E-state index >= 15 is 0 Å². The molecule has 25 heavy (non-hydrogen) atoms. The lowest BCUT2D eigenvalue weighted by molar-refractivity contribution is -0.150. The molecular formula is C19H22O5S. The average molecular weight is 362 g/mol. The first-order valence-corrected chi connectivity index (χ1v) is 9.07. The van der Waals surface area contributed by atoms with Crippen molar-refractivity contribution in [2.75, 3.05) is 19.5 Å². The van der Waals surface area contributed by atoms with E-state index in [0.717, 1.165) is 11.5 Å². The highest BCUT2D eigenvalue weighted by Gasteiger charge is 2.16. The summed E-state index contributed by atoms with van der Waals surface area (Å²) in [7, 11) is 1.64. The first kappa shape index (κ1) is 19.0. The van der Waals surface area contributed by atoms with Crippen LogP contribution in [0.4, 0.5) is 0 Å². The maximum Gasteiger partial charge on any atom is 0.347 e. The summed E-state index contributed by atoms with van der Waals surface area (Å²) in [5.41, 5.74) is 1.20. The molecule has 2 aromatic carbocycles. The molecule has 0 radical (unpaired) electrons. The van der Waals surface area contributed by atoms with Gasteiger partial charge in [0.15, 0.2) is 6.10 Å². The third-order valence-corrected chi connectivity index (χ3v) is 4.37. The van der Waals surface area contributed by atoms with Crippen LogP contribution in [0.2, 0.25) is 0 Å². The van der Waals surface area contributed by atoms with Crippen molar-refractivity contribution < 1.29 is 24.1 Å². The van der Waals surface area contributed by atoms with Crippen LogP contribution in [0, 0.1) is 0 Å². The van der Waals surface area contributed by atoms with Crippen LogP contribution in [-0.4, -0.2) is 36.6 Å². The molecule has 0 saturated carbocycles. The number of aromatic hydroxyl groups is 1. The molecule has 5 nitrogen and oxygen atoms in total. The molecule has 2 rings (SSSR count). The SMILES string of the molecule is COc1ccc(CSCCOC(=O)C(C)Oc2ccc(O)cc2)cc1. The summed E-state index contributed by atoms with van der Waals surface area (Å²) >= 11 is 1.69. The number of methoxy groups -OCH3 is 1. The van der Waals surface area contributed by atoms with Gasteiger partial charge in [-0.1, -0.05) is 12.1 Å². The van der Waals surface area contributed by atoms with Gasteiger partial charge in [0.2, 0.25) is 0 Å². The molecule has 2 aromatic rings. The van der Waals surface area contributed by atoms with Gasteiger partial charge in [0, 0.05) is 11.5 Å². The highest BCUT2D eigenvalue weighted by atomic mass is 32.2. The van der Waals surface area contributed by atoms with E-state index in [-0.39, 0.29) is 5.75 Å². The maximum absolute atomic E-state index is 11.9. The van der Waals surface area contributed by atoms with Crippen LogP contribution in [0.1, 0.15) is 12.5 Å². The summed E-state index contributed by atoms with van der Waals surface area (Å²) in [4.78, 5) is 11.9. The predicted molar refractivity (Wildman–Crippen MR) is 98.3 cm³/mol. The molecule has 0 saturated heterocycles. The highest BCUT2D eigenvalue weighted by Crippen LogP contribution is 2.18. The van der Waals surface area contributed by atoms with E-state index in [9.17, 15) is 9.90 Å². The van der Waals surface area contributed by atoms with E-state index < -0.39 is 12.1 Å². The number of ether oxygens (including phenoxy) is 3. The number of thioether (sulfide) groups is 1. The third kappa shape index (κ3) is 6.58. The molecule has 1 unspecified atom stereocenters. The second-order valence-electron chi connectivity index (χ2n) is 5.32. The minimum Gasteiger partial charge on any atom is -0.508 e. The van der Waals surface area contributed by atoms with Crippen molar-refractivity contribution in [1.82, 2.24) is 0 Å². The molecule has 6 heteroatoms. The van der Waals surface area contributed by atoms with Crippen molar-refractivity contribution in [2.45, 2.75) is 18.8 Å². The summed E-state index contributed by atoms with van der Waals surface area (Å²) in [6.45, 7) is 1.97. The molecule has 0 amide bonds. The number of rotatable bonds is 9. The van der Waals surface area contributed by atoms with Crippen LogP contribution in [-0.2, 0) is 15.3 Å². The Morgan fingerprint density at radius 3 is 2.36 bits per heavy atom. The molecular weight excluding hydrogens is 340 g/mol. The molecule has 1 N–H and O–H groups in total. The van der Waals surface area contributed by atoms with Gasteiger partial charge in [0.25, 0.3) is 0 Å². The molecule has 0 aliphatic heterocycles. The van der Waals surface area contributed by atoms with Gasteiger partial charge >= 0.3 is 5.97 Å². The smallest absolute Gasteiger partial charge is 0.347 e. The lowest BCUT2D eigenvalue weighted by Gasteiger charge is -2.14. The van der Waals surface area contributed by atoms with Crippen molar-refractivity contribution in [3.8, 4) is 17.2 Å². The second-order valence-corrected chi connectivity index (χ2v) is 6.43. The number of phenols is 1. The van der Waals surface area contributed by atoms with Gasteiger partial charge in [0.1, 0.15) is 23.9 Å². The van der Waals surface area contributed by atoms with E-state index in [1.807, 2.05) is 24.3 Å². The fourth-order valence-corrected chi connectivity index (χ4v) is 2.78. The maximum atomic E-state index is 11.9. The molecule has 0 aliphatic carbocycles. The standard InChI is InChI=1S/C19H22O5S/c1-14(24-18-9-5-16(20)6-10-18)19(21)23-11-12-25-13-15-3-7-17(22-2)8-4-15/h3-10,14,20H,11-13H2,1-2H3. The summed E-state index contributed by atoms with van der Waals surface area (Å²) in [5, 5.41) is 9.22. The minimum absolute atomic E-state index is 0.150. The summed E-state index contributed by atoms with van der Waals surface area (Å²) in [6, 6.07) is 14.1. The molecule has 0 aromatic heterocycles. The number of carbonyl (C=O) groups is 1. The molecule has 0 bridgehead atoms. The number of benzene rings is 2. The molecule has 0 heterocycles. The van der Waals surface area contributed by atoms with Gasteiger partial charge in [-0.05, 0) is 48.9 Å². The zero-order valence-corrected chi connectivity index (χ0v) is 15.1. The molecule has 0 spiro atoms. The van der Waals surface area contributed by atoms with E-state index in [1.54, 1.807) is 37.9 Å². The number of hydrogen-bond acceptors (Lipinski definition) is 6. The zero-order valence-electron chi connectivity index (χ0n) is 14.3. The predicted octanol–water partition coefficient (Wildman–Crippen LogP) is 3.64. The Labute approximate surface area is 151 Å². The van der Waals surface area contributed by atoms with E-state index in [0.29, 0.717) is 18.1 Å². The molecule has 0 fully saturated rings. The lowest BCUT2D eigenvalue weighted by Crippen LogP contribution is -2.26. The third-order valence-electron chi connectivity index (χ3n) is 3.38. The topological polar surface area (TPSA) is 65.0 Å². The Morgan fingerprint density at radius 1 is 1.08 bits per heavy atom. The largest absolute Gasteiger partial charge is 0.508 e. The molecule has 0 aliphatic rings. The van der Waals surface area contributed by atoms with Gasteiger partial charge in [-0.25, -0.2) is 4.79 Å². The van der Waals surface area contributed by atoms with Crippen LogP contribution in [0.5, 0.6) is 17.2 Å². The van der Waals surface area contributed by atoms with Gasteiger partial charge < -0.3 is 19.3 Å². The van der Waals surface area contributed by atoms with E-state index in [4.69, 9.17) is 14.2 Å². The van der Waals surface area contributed by atoms with E-state index in [1.165, 1.54) is 17.7 Å². The number of esters is 1. The first-order valence-electron chi connectivity index (χ1n) is 7.91. The van der Waals surface area contributed by atoms with Crippen LogP contribution in [0.15, 0.2) is 48.5 Å². The second kappa shape index (κ2) is 9.84. The minimum atomic E-state index is -0.698. The Hall–Kier alpha value is -2.34. The quantitative estimate of drug-likeness (QED) is 0.543. The normalized spacial score (nSPS) is 11.6. The van der Waals surface area contributed by atoms with E-state index in [2.05, 4.69) is 0 Å². The van der Waals surface area contributed by atoms with Crippen molar-refractivity contribution in [1.29, 1.82) is 0 Å². The van der Waals surface area contributed by atoms with Crippen molar-refractivity contribution in [3.63, 3.8) is 0 Å². The Balaban J connectivity index is 1.63. The van der Waals surface area contributed by atoms with Gasteiger partial charge in [-0.3, -0.25) is 0 Å². The van der Waals surface area contributed by atoms with Gasteiger partial charge in [-0.15, -0.1) is 0 Å². The zero-order chi connectivity index (χ0) is 18.1. The Bertz CT molecular complexity index is 655.